The second-order valence-electron chi connectivity index (χ2n) is 6.51. The lowest BCUT2D eigenvalue weighted by Gasteiger charge is -2.20. The molecule has 0 saturated carbocycles. The molecule has 17 heavy (non-hydrogen) atoms. The summed E-state index contributed by atoms with van der Waals surface area (Å²) in [5, 5.41) is 3.53. The number of nitrogens with one attached hydrogen (secondary N) is 1. The summed E-state index contributed by atoms with van der Waals surface area (Å²) in [6.07, 6.45) is 7.94. The van der Waals surface area contributed by atoms with Crippen LogP contribution >= 0.6 is 0 Å². The van der Waals surface area contributed by atoms with Gasteiger partial charge in [-0.05, 0) is 52.5 Å². The van der Waals surface area contributed by atoms with Gasteiger partial charge in [0.1, 0.15) is 0 Å². The molecule has 0 bridgehead atoms. The van der Waals surface area contributed by atoms with Crippen LogP contribution in [0.4, 0.5) is 0 Å². The third-order valence-corrected chi connectivity index (χ3v) is 3.15. The third-order valence-electron chi connectivity index (χ3n) is 3.15. The van der Waals surface area contributed by atoms with E-state index in [9.17, 15) is 0 Å². The Kier molecular flexibility index (Phi) is 8.59. The van der Waals surface area contributed by atoms with Gasteiger partial charge in [-0.3, -0.25) is 0 Å². The lowest BCUT2D eigenvalue weighted by atomic mass is 9.98. The van der Waals surface area contributed by atoms with Gasteiger partial charge in [-0.2, -0.15) is 0 Å². The molecule has 0 aliphatic rings. The standard InChI is InChI=1S/C16H33N/c1-14(2)15(3)12-10-8-7-9-11-13-17-16(4,5)6/h14,17H,3,7-13H2,1-2,4-6H3. The van der Waals surface area contributed by atoms with Gasteiger partial charge in [-0.25, -0.2) is 0 Å². The van der Waals surface area contributed by atoms with E-state index in [1.807, 2.05) is 0 Å². The van der Waals surface area contributed by atoms with Gasteiger partial charge in [-0.15, -0.1) is 0 Å². The van der Waals surface area contributed by atoms with Crippen molar-refractivity contribution >= 4 is 0 Å². The van der Waals surface area contributed by atoms with E-state index in [0.717, 1.165) is 6.54 Å². The molecule has 0 atom stereocenters. The van der Waals surface area contributed by atoms with Crippen molar-refractivity contribution in [2.75, 3.05) is 6.54 Å². The summed E-state index contributed by atoms with van der Waals surface area (Å²) in [5.41, 5.74) is 1.69. The first-order chi connectivity index (χ1) is 7.83. The molecule has 0 spiro atoms. The molecule has 0 aromatic heterocycles. The zero-order chi connectivity index (χ0) is 13.3. The molecule has 1 N–H and O–H groups in total. The van der Waals surface area contributed by atoms with Crippen LogP contribution in [-0.2, 0) is 0 Å². The molecule has 0 aliphatic carbocycles. The average Bonchev–Trinajstić information content (AvgIpc) is 2.19. The maximum atomic E-state index is 4.12. The fourth-order valence-electron chi connectivity index (χ4n) is 1.76. The second-order valence-corrected chi connectivity index (χ2v) is 6.51. The van der Waals surface area contributed by atoms with Crippen molar-refractivity contribution in [3.8, 4) is 0 Å². The normalized spacial score (nSPS) is 12.1. The fraction of sp³-hybridized carbons (Fsp3) is 0.875. The molecule has 0 aromatic rings. The minimum absolute atomic E-state index is 0.273. The molecule has 0 fully saturated rings. The largest absolute Gasteiger partial charge is 0.312 e. The Morgan fingerprint density at radius 2 is 1.53 bits per heavy atom. The molecule has 0 rings (SSSR count). The summed E-state index contributed by atoms with van der Waals surface area (Å²) < 4.78 is 0. The van der Waals surface area contributed by atoms with E-state index in [1.54, 1.807) is 0 Å². The van der Waals surface area contributed by atoms with Gasteiger partial charge >= 0.3 is 0 Å². The van der Waals surface area contributed by atoms with Crippen LogP contribution in [0.3, 0.4) is 0 Å². The minimum Gasteiger partial charge on any atom is -0.312 e. The summed E-state index contributed by atoms with van der Waals surface area (Å²) in [5.74, 6) is 0.658. The molecule has 0 unspecified atom stereocenters. The van der Waals surface area contributed by atoms with E-state index in [4.69, 9.17) is 0 Å². The molecular weight excluding hydrogens is 206 g/mol. The van der Waals surface area contributed by atoms with Crippen LogP contribution < -0.4 is 5.32 Å². The lowest BCUT2D eigenvalue weighted by Crippen LogP contribution is -2.36. The highest BCUT2D eigenvalue weighted by Gasteiger charge is 2.06. The summed E-state index contributed by atoms with van der Waals surface area (Å²) in [6, 6.07) is 0. The summed E-state index contributed by atoms with van der Waals surface area (Å²) in [7, 11) is 0. The lowest BCUT2D eigenvalue weighted by molar-refractivity contribution is 0.415. The molecule has 0 radical (unpaired) electrons. The van der Waals surface area contributed by atoms with E-state index in [2.05, 4.69) is 46.5 Å². The zero-order valence-electron chi connectivity index (χ0n) is 12.7. The molecular formula is C16H33N. The fourth-order valence-corrected chi connectivity index (χ4v) is 1.76. The quantitative estimate of drug-likeness (QED) is 0.444. The van der Waals surface area contributed by atoms with Gasteiger partial charge in [0.05, 0.1) is 0 Å². The van der Waals surface area contributed by atoms with E-state index in [0.29, 0.717) is 5.92 Å². The number of hydrogen-bond acceptors (Lipinski definition) is 1. The Labute approximate surface area is 109 Å². The SMILES string of the molecule is C=C(CCCCCCCNC(C)(C)C)C(C)C. The van der Waals surface area contributed by atoms with Gasteiger partial charge < -0.3 is 5.32 Å². The minimum atomic E-state index is 0.273. The Bertz CT molecular complexity index is 198. The highest BCUT2D eigenvalue weighted by Crippen LogP contribution is 2.16. The Balaban J connectivity index is 3.22. The van der Waals surface area contributed by atoms with E-state index in [-0.39, 0.29) is 5.54 Å². The van der Waals surface area contributed by atoms with Crippen molar-refractivity contribution in [2.24, 2.45) is 5.92 Å². The van der Waals surface area contributed by atoms with Crippen molar-refractivity contribution in [1.82, 2.24) is 5.32 Å². The zero-order valence-corrected chi connectivity index (χ0v) is 12.7. The molecule has 102 valence electrons. The van der Waals surface area contributed by atoms with Crippen LogP contribution in [0, 0.1) is 5.92 Å². The first-order valence-corrected chi connectivity index (χ1v) is 7.25. The molecule has 0 amide bonds. The van der Waals surface area contributed by atoms with Gasteiger partial charge in [0.25, 0.3) is 0 Å². The van der Waals surface area contributed by atoms with Crippen LogP contribution in [0.1, 0.15) is 73.1 Å². The maximum Gasteiger partial charge on any atom is 0.00965 e. The van der Waals surface area contributed by atoms with E-state index >= 15 is 0 Å². The van der Waals surface area contributed by atoms with Crippen LogP contribution in [0.5, 0.6) is 0 Å². The average molecular weight is 239 g/mol. The van der Waals surface area contributed by atoms with Gasteiger partial charge in [0.15, 0.2) is 0 Å². The summed E-state index contributed by atoms with van der Waals surface area (Å²) in [4.78, 5) is 0. The molecule has 1 nitrogen and oxygen atoms in total. The second kappa shape index (κ2) is 8.74. The van der Waals surface area contributed by atoms with Crippen LogP contribution in [0.25, 0.3) is 0 Å². The van der Waals surface area contributed by atoms with Gasteiger partial charge in [-0.1, -0.05) is 45.3 Å². The molecule has 0 aliphatic heterocycles. The van der Waals surface area contributed by atoms with Crippen molar-refractivity contribution < 1.29 is 0 Å². The smallest absolute Gasteiger partial charge is 0.00965 e. The highest BCUT2D eigenvalue weighted by atomic mass is 14.9. The predicted molar refractivity (Wildman–Crippen MR) is 79.4 cm³/mol. The molecule has 0 aromatic carbocycles. The summed E-state index contributed by atoms with van der Waals surface area (Å²) in [6.45, 7) is 16.4. The van der Waals surface area contributed by atoms with E-state index in [1.165, 1.54) is 44.1 Å². The van der Waals surface area contributed by atoms with Crippen LogP contribution in [0.2, 0.25) is 0 Å². The highest BCUT2D eigenvalue weighted by molar-refractivity contribution is 4.96. The number of allylic oxidation sites excluding steroid dienone is 1. The molecule has 0 heterocycles. The Hall–Kier alpha value is -0.300. The molecule has 0 saturated heterocycles. The monoisotopic (exact) mass is 239 g/mol. The number of hydrogen-bond donors (Lipinski definition) is 1. The Morgan fingerprint density at radius 1 is 1.00 bits per heavy atom. The number of rotatable bonds is 9. The Morgan fingerprint density at radius 3 is 2.06 bits per heavy atom. The van der Waals surface area contributed by atoms with Crippen molar-refractivity contribution in [3.05, 3.63) is 12.2 Å². The first kappa shape index (κ1) is 16.7. The predicted octanol–water partition coefficient (Wildman–Crippen LogP) is 4.93. The molecule has 1 heteroatoms. The summed E-state index contributed by atoms with van der Waals surface area (Å²) >= 11 is 0. The topological polar surface area (TPSA) is 12.0 Å². The van der Waals surface area contributed by atoms with Crippen molar-refractivity contribution in [1.29, 1.82) is 0 Å². The van der Waals surface area contributed by atoms with Gasteiger partial charge in [0.2, 0.25) is 0 Å². The maximum absolute atomic E-state index is 4.12. The van der Waals surface area contributed by atoms with Gasteiger partial charge in [0, 0.05) is 5.54 Å². The van der Waals surface area contributed by atoms with Crippen LogP contribution in [-0.4, -0.2) is 12.1 Å². The number of unbranched alkanes of at least 4 members (excludes halogenated alkanes) is 4. The van der Waals surface area contributed by atoms with Crippen molar-refractivity contribution in [3.63, 3.8) is 0 Å². The van der Waals surface area contributed by atoms with Crippen LogP contribution in [0.15, 0.2) is 12.2 Å². The van der Waals surface area contributed by atoms with Crippen molar-refractivity contribution in [2.45, 2.75) is 78.7 Å². The first-order valence-electron chi connectivity index (χ1n) is 7.25. The van der Waals surface area contributed by atoms with E-state index < -0.39 is 0 Å². The third kappa shape index (κ3) is 12.0.